The Morgan fingerprint density at radius 2 is 2.27 bits per heavy atom. The molecule has 1 atom stereocenters. The number of hydrogen-bond donors (Lipinski definition) is 1. The molecule has 0 aliphatic carbocycles. The van der Waals surface area contributed by atoms with Crippen LogP contribution in [0.15, 0.2) is 6.20 Å². The van der Waals surface area contributed by atoms with Crippen LogP contribution in [-0.2, 0) is 0 Å². The van der Waals surface area contributed by atoms with Gasteiger partial charge in [0.2, 0.25) is 0 Å². The van der Waals surface area contributed by atoms with Gasteiger partial charge in [-0.05, 0) is 13.3 Å². The van der Waals surface area contributed by atoms with Gasteiger partial charge in [-0.3, -0.25) is 4.68 Å². The van der Waals surface area contributed by atoms with Gasteiger partial charge in [0.1, 0.15) is 11.3 Å². The number of carboxylic acids is 1. The predicted molar refractivity (Wildman–Crippen MR) is 49.1 cm³/mol. The summed E-state index contributed by atoms with van der Waals surface area (Å²) in [6.45, 7) is 3.53. The first kappa shape index (κ1) is 11.6. The van der Waals surface area contributed by atoms with Crippen molar-refractivity contribution in [3.05, 3.63) is 17.5 Å². The summed E-state index contributed by atoms with van der Waals surface area (Å²) in [4.78, 5) is 10.7. The zero-order chi connectivity index (χ0) is 11.6. The minimum atomic E-state index is -2.83. The van der Waals surface area contributed by atoms with Crippen molar-refractivity contribution in [3.8, 4) is 0 Å². The first-order chi connectivity index (χ1) is 6.99. The molecule has 0 aliphatic rings. The number of halogens is 2. The Morgan fingerprint density at radius 1 is 1.67 bits per heavy atom. The molecular formula is C9H12F2N2O2. The lowest BCUT2D eigenvalue weighted by Crippen LogP contribution is -2.12. The summed E-state index contributed by atoms with van der Waals surface area (Å²) in [6, 6.07) is -0.234. The summed E-state index contributed by atoms with van der Waals surface area (Å²) in [5.74, 6) is -1.38. The zero-order valence-electron chi connectivity index (χ0n) is 8.44. The molecule has 1 heterocycles. The zero-order valence-corrected chi connectivity index (χ0v) is 8.44. The molecule has 0 saturated carbocycles. The number of carboxylic acid groups (broad SMARTS) is 1. The average Bonchev–Trinajstić information content (AvgIpc) is 2.60. The normalized spacial score (nSPS) is 13.1. The van der Waals surface area contributed by atoms with Crippen LogP contribution in [0.1, 0.15) is 48.8 Å². The molecule has 0 saturated heterocycles. The molecule has 6 heteroatoms. The molecule has 1 rings (SSSR count). The van der Waals surface area contributed by atoms with Crippen LogP contribution in [0.25, 0.3) is 0 Å². The van der Waals surface area contributed by atoms with Gasteiger partial charge < -0.3 is 5.11 Å². The second-order valence-electron chi connectivity index (χ2n) is 3.25. The maximum absolute atomic E-state index is 12.7. The monoisotopic (exact) mass is 218 g/mol. The largest absolute Gasteiger partial charge is 0.478 e. The fraction of sp³-hybridized carbons (Fsp3) is 0.556. The number of rotatable bonds is 4. The minimum Gasteiger partial charge on any atom is -0.478 e. The Kier molecular flexibility index (Phi) is 3.39. The lowest BCUT2D eigenvalue weighted by molar-refractivity contribution is 0.0681. The van der Waals surface area contributed by atoms with E-state index < -0.39 is 23.7 Å². The van der Waals surface area contributed by atoms with Gasteiger partial charge in [-0.1, -0.05) is 6.92 Å². The summed E-state index contributed by atoms with van der Waals surface area (Å²) < 4.78 is 26.4. The predicted octanol–water partition coefficient (Wildman–Crippen LogP) is 2.49. The number of alkyl halides is 2. The quantitative estimate of drug-likeness (QED) is 0.844. The van der Waals surface area contributed by atoms with E-state index in [2.05, 4.69) is 5.10 Å². The highest BCUT2D eigenvalue weighted by molar-refractivity contribution is 5.88. The van der Waals surface area contributed by atoms with Crippen molar-refractivity contribution in [1.29, 1.82) is 0 Å². The van der Waals surface area contributed by atoms with Crippen LogP contribution in [0, 0.1) is 0 Å². The van der Waals surface area contributed by atoms with Crippen LogP contribution >= 0.6 is 0 Å². The van der Waals surface area contributed by atoms with E-state index in [0.717, 1.165) is 10.9 Å². The Morgan fingerprint density at radius 3 is 2.67 bits per heavy atom. The second-order valence-corrected chi connectivity index (χ2v) is 3.25. The third-order valence-electron chi connectivity index (χ3n) is 2.28. The van der Waals surface area contributed by atoms with Crippen LogP contribution < -0.4 is 0 Å². The topological polar surface area (TPSA) is 55.1 Å². The van der Waals surface area contributed by atoms with Crippen molar-refractivity contribution >= 4 is 5.97 Å². The van der Waals surface area contributed by atoms with E-state index in [1.165, 1.54) is 0 Å². The number of aromatic nitrogens is 2. The van der Waals surface area contributed by atoms with Crippen molar-refractivity contribution in [2.24, 2.45) is 0 Å². The van der Waals surface area contributed by atoms with Crippen LogP contribution in [0.5, 0.6) is 0 Å². The molecule has 0 fully saturated rings. The van der Waals surface area contributed by atoms with E-state index in [0.29, 0.717) is 6.42 Å². The Balaban J connectivity index is 3.24. The standard InChI is InChI=1S/C9H12F2N2O2/c1-3-5(2)13-7(8(10)11)6(4-12-13)9(14)15/h4-5,8H,3H2,1-2H3,(H,14,15). The summed E-state index contributed by atoms with van der Waals surface area (Å²) in [5, 5.41) is 12.4. The molecule has 0 aromatic carbocycles. The number of carbonyl (C=O) groups is 1. The molecule has 1 aromatic rings. The highest BCUT2D eigenvalue weighted by Crippen LogP contribution is 2.26. The fourth-order valence-electron chi connectivity index (χ4n) is 1.28. The summed E-state index contributed by atoms with van der Waals surface area (Å²) in [7, 11) is 0. The molecule has 4 nitrogen and oxygen atoms in total. The lowest BCUT2D eigenvalue weighted by atomic mass is 10.2. The van der Waals surface area contributed by atoms with Gasteiger partial charge in [0, 0.05) is 6.04 Å². The Hall–Kier alpha value is -1.46. The molecule has 15 heavy (non-hydrogen) atoms. The summed E-state index contributed by atoms with van der Waals surface area (Å²) >= 11 is 0. The number of hydrogen-bond acceptors (Lipinski definition) is 2. The van der Waals surface area contributed by atoms with Crippen molar-refractivity contribution in [1.82, 2.24) is 9.78 Å². The van der Waals surface area contributed by atoms with E-state index in [9.17, 15) is 13.6 Å². The molecule has 0 spiro atoms. The van der Waals surface area contributed by atoms with Crippen molar-refractivity contribution in [2.75, 3.05) is 0 Å². The van der Waals surface area contributed by atoms with Crippen LogP contribution in [0.4, 0.5) is 8.78 Å². The van der Waals surface area contributed by atoms with Crippen molar-refractivity contribution in [3.63, 3.8) is 0 Å². The third kappa shape index (κ3) is 2.14. The van der Waals surface area contributed by atoms with Crippen molar-refractivity contribution in [2.45, 2.75) is 32.7 Å². The van der Waals surface area contributed by atoms with E-state index >= 15 is 0 Å². The van der Waals surface area contributed by atoms with E-state index in [-0.39, 0.29) is 6.04 Å². The highest BCUT2D eigenvalue weighted by atomic mass is 19.3. The molecule has 1 aromatic heterocycles. The molecule has 0 aliphatic heterocycles. The Labute approximate surface area is 85.5 Å². The van der Waals surface area contributed by atoms with Gasteiger partial charge in [-0.25, -0.2) is 13.6 Å². The smallest absolute Gasteiger partial charge is 0.339 e. The molecular weight excluding hydrogens is 206 g/mol. The molecule has 0 bridgehead atoms. The van der Waals surface area contributed by atoms with Gasteiger partial charge in [0.05, 0.1) is 6.20 Å². The van der Waals surface area contributed by atoms with E-state index in [4.69, 9.17) is 5.11 Å². The summed E-state index contributed by atoms with van der Waals surface area (Å²) in [6.07, 6.45) is -1.25. The average molecular weight is 218 g/mol. The molecule has 84 valence electrons. The second kappa shape index (κ2) is 4.37. The maximum atomic E-state index is 12.7. The van der Waals surface area contributed by atoms with Gasteiger partial charge in [0.25, 0.3) is 6.43 Å². The third-order valence-corrected chi connectivity index (χ3v) is 2.28. The lowest BCUT2D eigenvalue weighted by Gasteiger charge is -2.13. The van der Waals surface area contributed by atoms with Gasteiger partial charge >= 0.3 is 5.97 Å². The Bertz CT molecular complexity index is 363. The van der Waals surface area contributed by atoms with Crippen LogP contribution in [0.2, 0.25) is 0 Å². The molecule has 0 amide bonds. The number of nitrogens with zero attached hydrogens (tertiary/aromatic N) is 2. The molecule has 1 unspecified atom stereocenters. The van der Waals surface area contributed by atoms with E-state index in [1.807, 2.05) is 6.92 Å². The molecule has 0 radical (unpaired) electrons. The van der Waals surface area contributed by atoms with E-state index in [1.54, 1.807) is 6.92 Å². The highest BCUT2D eigenvalue weighted by Gasteiger charge is 2.25. The summed E-state index contributed by atoms with van der Waals surface area (Å²) in [5.41, 5.74) is -0.942. The minimum absolute atomic E-state index is 0.234. The number of aromatic carboxylic acids is 1. The van der Waals surface area contributed by atoms with Crippen LogP contribution in [-0.4, -0.2) is 20.9 Å². The fourth-order valence-corrected chi connectivity index (χ4v) is 1.28. The first-order valence-electron chi connectivity index (χ1n) is 4.57. The maximum Gasteiger partial charge on any atom is 0.339 e. The molecule has 1 N–H and O–H groups in total. The first-order valence-corrected chi connectivity index (χ1v) is 4.57. The van der Waals surface area contributed by atoms with Gasteiger partial charge in [0.15, 0.2) is 0 Å². The SMILES string of the molecule is CCC(C)n1ncc(C(=O)O)c1C(F)F. The van der Waals surface area contributed by atoms with Crippen molar-refractivity contribution < 1.29 is 18.7 Å². The van der Waals surface area contributed by atoms with Gasteiger partial charge in [-0.2, -0.15) is 5.10 Å². The van der Waals surface area contributed by atoms with Crippen LogP contribution in [0.3, 0.4) is 0 Å². The van der Waals surface area contributed by atoms with Gasteiger partial charge in [-0.15, -0.1) is 0 Å².